The van der Waals surface area contributed by atoms with Gasteiger partial charge in [-0.25, -0.2) is 10.9 Å². The number of carbonyl (C=O) groups excluding carboxylic acids is 2. The van der Waals surface area contributed by atoms with Gasteiger partial charge in [-0.2, -0.15) is 0 Å². The number of hydrogen-bond donors (Lipinski definition) is 1. The molecular weight excluding hydrogens is 144 g/mol. The number of hydrogen-bond acceptors (Lipinski definition) is 3. The summed E-state index contributed by atoms with van der Waals surface area (Å²) in [5.74, 6) is 4.19. The largest absolute Gasteiger partial charge is 0.271 e. The summed E-state index contributed by atoms with van der Waals surface area (Å²) in [5, 5.41) is 0.596. The lowest BCUT2D eigenvalue weighted by Gasteiger charge is -2.04. The second-order valence-corrected chi connectivity index (χ2v) is 2.18. The average molecular weight is 152 g/mol. The number of allylic oxidation sites excluding steroid dienone is 1. The van der Waals surface area contributed by atoms with Crippen LogP contribution in [-0.4, -0.2) is 16.8 Å². The number of imide groups is 1. The van der Waals surface area contributed by atoms with Crippen LogP contribution >= 0.6 is 0 Å². The summed E-state index contributed by atoms with van der Waals surface area (Å²) in [6.45, 7) is 3.44. The first-order chi connectivity index (χ1) is 5.16. The van der Waals surface area contributed by atoms with Gasteiger partial charge < -0.3 is 0 Å². The number of amides is 2. The van der Waals surface area contributed by atoms with Gasteiger partial charge in [0.25, 0.3) is 11.8 Å². The molecule has 1 aliphatic heterocycles. The van der Waals surface area contributed by atoms with E-state index >= 15 is 0 Å². The van der Waals surface area contributed by atoms with E-state index in [0.717, 1.165) is 0 Å². The van der Waals surface area contributed by atoms with Crippen LogP contribution in [0.25, 0.3) is 0 Å². The Balaban J connectivity index is 2.83. The molecule has 0 saturated carbocycles. The number of rotatable bonds is 2. The minimum atomic E-state index is -0.466. The van der Waals surface area contributed by atoms with E-state index in [4.69, 9.17) is 5.84 Å². The lowest BCUT2D eigenvalue weighted by Crippen LogP contribution is -2.37. The van der Waals surface area contributed by atoms with E-state index in [2.05, 4.69) is 6.58 Å². The summed E-state index contributed by atoms with van der Waals surface area (Å²) in [5.41, 5.74) is 0.396. The maximum absolute atomic E-state index is 11.0. The smallest absolute Gasteiger partial charge is 0.268 e. The number of nitrogens with two attached hydrogens (primary N) is 1. The Morgan fingerprint density at radius 1 is 1.64 bits per heavy atom. The van der Waals surface area contributed by atoms with Crippen molar-refractivity contribution >= 4 is 11.8 Å². The number of carbonyl (C=O) groups is 2. The zero-order chi connectivity index (χ0) is 8.43. The van der Waals surface area contributed by atoms with E-state index in [0.29, 0.717) is 17.0 Å². The Kier molecular flexibility index (Phi) is 1.87. The highest BCUT2D eigenvalue weighted by atomic mass is 16.2. The van der Waals surface area contributed by atoms with Crippen LogP contribution in [-0.2, 0) is 9.59 Å². The highest BCUT2D eigenvalue weighted by Crippen LogP contribution is 2.12. The number of hydrazine groups is 1. The zero-order valence-corrected chi connectivity index (χ0v) is 5.91. The second-order valence-electron chi connectivity index (χ2n) is 2.18. The maximum atomic E-state index is 11.0. The maximum Gasteiger partial charge on any atom is 0.271 e. The summed E-state index contributed by atoms with van der Waals surface area (Å²) < 4.78 is 0. The minimum absolute atomic E-state index is 0.387. The summed E-state index contributed by atoms with van der Waals surface area (Å²) in [6, 6.07) is 0. The van der Waals surface area contributed by atoms with Gasteiger partial charge in [-0.1, -0.05) is 6.08 Å². The summed E-state index contributed by atoms with van der Waals surface area (Å²) >= 11 is 0. The van der Waals surface area contributed by atoms with Gasteiger partial charge in [-0.05, 0) is 6.42 Å². The third-order valence-electron chi connectivity index (χ3n) is 1.39. The molecule has 0 aliphatic carbocycles. The van der Waals surface area contributed by atoms with Gasteiger partial charge in [-0.15, -0.1) is 6.58 Å². The molecule has 0 fully saturated rings. The van der Waals surface area contributed by atoms with Gasteiger partial charge in [0.1, 0.15) is 0 Å². The average Bonchev–Trinajstić information content (AvgIpc) is 2.19. The van der Waals surface area contributed by atoms with Gasteiger partial charge in [0.05, 0.1) is 0 Å². The second kappa shape index (κ2) is 2.67. The summed E-state index contributed by atoms with van der Waals surface area (Å²) in [4.78, 5) is 21.7. The molecular formula is C7H8N2O2. The van der Waals surface area contributed by atoms with Crippen molar-refractivity contribution in [3.8, 4) is 0 Å². The van der Waals surface area contributed by atoms with Crippen LogP contribution in [0.1, 0.15) is 6.42 Å². The van der Waals surface area contributed by atoms with Crippen LogP contribution in [0.4, 0.5) is 0 Å². The Morgan fingerprint density at radius 3 is 2.64 bits per heavy atom. The van der Waals surface area contributed by atoms with Gasteiger partial charge in [0.15, 0.2) is 0 Å². The highest BCUT2D eigenvalue weighted by molar-refractivity contribution is 6.15. The van der Waals surface area contributed by atoms with Crippen molar-refractivity contribution in [1.29, 1.82) is 0 Å². The topological polar surface area (TPSA) is 63.4 Å². The summed E-state index contributed by atoms with van der Waals surface area (Å²) in [7, 11) is 0. The van der Waals surface area contributed by atoms with Gasteiger partial charge in [0.2, 0.25) is 0 Å². The standard InChI is InChI=1S/C7H8N2O2/c1-2-3-5-4-6(10)9(8)7(5)11/h2,4H,1,3,8H2. The van der Waals surface area contributed by atoms with E-state index < -0.39 is 11.8 Å². The Morgan fingerprint density at radius 2 is 2.27 bits per heavy atom. The molecule has 4 heteroatoms. The van der Waals surface area contributed by atoms with Gasteiger partial charge >= 0.3 is 0 Å². The minimum Gasteiger partial charge on any atom is -0.268 e. The molecule has 0 radical (unpaired) electrons. The van der Waals surface area contributed by atoms with Crippen LogP contribution in [0.3, 0.4) is 0 Å². The predicted octanol–water partition coefficient (Wildman–Crippen LogP) is -0.269. The molecule has 2 N–H and O–H groups in total. The molecule has 58 valence electrons. The van der Waals surface area contributed by atoms with Crippen molar-refractivity contribution in [3.63, 3.8) is 0 Å². The molecule has 0 unspecified atom stereocenters. The fraction of sp³-hybridized carbons (Fsp3) is 0.143. The molecule has 4 nitrogen and oxygen atoms in total. The molecule has 1 rings (SSSR count). The fourth-order valence-corrected chi connectivity index (χ4v) is 0.837. The first-order valence-corrected chi connectivity index (χ1v) is 3.11. The van der Waals surface area contributed by atoms with Crippen molar-refractivity contribution in [2.45, 2.75) is 6.42 Å². The normalized spacial score (nSPS) is 17.2. The SMILES string of the molecule is C=CCC1=CC(=O)N(N)C1=O. The third-order valence-corrected chi connectivity index (χ3v) is 1.39. The molecule has 0 aromatic heterocycles. The van der Waals surface area contributed by atoms with Gasteiger partial charge in [0, 0.05) is 11.6 Å². The van der Waals surface area contributed by atoms with Gasteiger partial charge in [-0.3, -0.25) is 9.59 Å². The predicted molar refractivity (Wildman–Crippen MR) is 38.9 cm³/mol. The van der Waals surface area contributed by atoms with Crippen molar-refractivity contribution in [1.82, 2.24) is 5.01 Å². The van der Waals surface area contributed by atoms with E-state index in [1.807, 2.05) is 0 Å². The molecule has 0 atom stereocenters. The molecule has 0 saturated heterocycles. The van der Waals surface area contributed by atoms with E-state index in [9.17, 15) is 9.59 Å². The molecule has 0 spiro atoms. The van der Waals surface area contributed by atoms with Crippen LogP contribution in [0.15, 0.2) is 24.3 Å². The van der Waals surface area contributed by atoms with E-state index in [1.54, 1.807) is 6.08 Å². The molecule has 11 heavy (non-hydrogen) atoms. The Labute approximate surface area is 63.9 Å². The molecule has 0 bridgehead atoms. The molecule has 1 heterocycles. The molecule has 1 aliphatic rings. The van der Waals surface area contributed by atoms with Crippen molar-refractivity contribution in [2.75, 3.05) is 0 Å². The lowest BCUT2D eigenvalue weighted by atomic mass is 10.2. The lowest BCUT2D eigenvalue weighted by molar-refractivity contribution is -0.137. The van der Waals surface area contributed by atoms with Crippen LogP contribution < -0.4 is 5.84 Å². The first-order valence-electron chi connectivity index (χ1n) is 3.11. The molecule has 0 aromatic rings. The number of nitrogens with zero attached hydrogens (tertiary/aromatic N) is 1. The van der Waals surface area contributed by atoms with Crippen molar-refractivity contribution in [2.24, 2.45) is 5.84 Å². The zero-order valence-electron chi connectivity index (χ0n) is 5.91. The Bertz CT molecular complexity index is 255. The van der Waals surface area contributed by atoms with Crippen molar-refractivity contribution in [3.05, 3.63) is 24.3 Å². The first kappa shape index (κ1) is 7.68. The molecule has 2 amide bonds. The fourth-order valence-electron chi connectivity index (χ4n) is 0.837. The Hall–Kier alpha value is -1.42. The molecule has 0 aromatic carbocycles. The van der Waals surface area contributed by atoms with Crippen LogP contribution in [0.5, 0.6) is 0 Å². The van der Waals surface area contributed by atoms with E-state index in [1.165, 1.54) is 6.08 Å². The van der Waals surface area contributed by atoms with E-state index in [-0.39, 0.29) is 0 Å². The quantitative estimate of drug-likeness (QED) is 0.256. The van der Waals surface area contributed by atoms with Crippen LogP contribution in [0.2, 0.25) is 0 Å². The third kappa shape index (κ3) is 1.20. The van der Waals surface area contributed by atoms with Crippen molar-refractivity contribution < 1.29 is 9.59 Å². The van der Waals surface area contributed by atoms with Crippen LogP contribution in [0, 0.1) is 0 Å². The highest BCUT2D eigenvalue weighted by Gasteiger charge is 2.26. The monoisotopic (exact) mass is 152 g/mol. The summed E-state index contributed by atoms with van der Waals surface area (Å²) in [6.07, 6.45) is 3.17.